The highest BCUT2D eigenvalue weighted by atomic mass is 32.1. The summed E-state index contributed by atoms with van der Waals surface area (Å²) in [5.41, 5.74) is 2.22. The zero-order chi connectivity index (χ0) is 19.3. The van der Waals surface area contributed by atoms with E-state index in [1.807, 2.05) is 48.5 Å². The third-order valence-corrected chi connectivity index (χ3v) is 6.12. The molecule has 1 N–H and O–H groups in total. The summed E-state index contributed by atoms with van der Waals surface area (Å²) in [6, 6.07) is 23.8. The molecule has 1 saturated heterocycles. The second-order valence-corrected chi connectivity index (χ2v) is 8.08. The standard InChI is InChI=1S/C23H22N2O2S/c26-22-14-12-20(25(22)16-17-7-3-1-4-8-17)23(27)24-15-19-11-13-21(28-19)18-9-5-2-6-10-18/h1-11,13,20H,12,14-16H2,(H,24,27). The summed E-state index contributed by atoms with van der Waals surface area (Å²) in [6.45, 7) is 0.967. The Kier molecular flexibility index (Phi) is 5.53. The number of nitrogens with one attached hydrogen (secondary N) is 1. The molecular formula is C23H22N2O2S. The average molecular weight is 391 g/mol. The summed E-state index contributed by atoms with van der Waals surface area (Å²) in [4.78, 5) is 29.0. The minimum atomic E-state index is -0.388. The smallest absolute Gasteiger partial charge is 0.243 e. The van der Waals surface area contributed by atoms with Crippen molar-refractivity contribution in [2.75, 3.05) is 0 Å². The molecule has 1 atom stereocenters. The first-order chi connectivity index (χ1) is 13.7. The van der Waals surface area contributed by atoms with Crippen molar-refractivity contribution in [2.24, 2.45) is 0 Å². The van der Waals surface area contributed by atoms with Crippen LogP contribution in [0.4, 0.5) is 0 Å². The first-order valence-corrected chi connectivity index (χ1v) is 10.3. The lowest BCUT2D eigenvalue weighted by Gasteiger charge is -2.24. The minimum absolute atomic E-state index is 0.0477. The quantitative estimate of drug-likeness (QED) is 0.685. The molecular weight excluding hydrogens is 368 g/mol. The predicted molar refractivity (Wildman–Crippen MR) is 112 cm³/mol. The zero-order valence-electron chi connectivity index (χ0n) is 15.5. The molecule has 0 bridgehead atoms. The van der Waals surface area contributed by atoms with Crippen molar-refractivity contribution in [2.45, 2.75) is 32.0 Å². The van der Waals surface area contributed by atoms with Crippen molar-refractivity contribution >= 4 is 23.2 Å². The monoisotopic (exact) mass is 390 g/mol. The molecule has 2 aromatic carbocycles. The second-order valence-electron chi connectivity index (χ2n) is 6.91. The summed E-state index contributed by atoms with van der Waals surface area (Å²) >= 11 is 1.68. The van der Waals surface area contributed by atoms with Crippen LogP contribution in [0.5, 0.6) is 0 Å². The number of likely N-dealkylation sites (tertiary alicyclic amines) is 1. The summed E-state index contributed by atoms with van der Waals surface area (Å²) in [7, 11) is 0. The zero-order valence-corrected chi connectivity index (χ0v) is 16.3. The first-order valence-electron chi connectivity index (χ1n) is 9.46. The van der Waals surface area contributed by atoms with Crippen LogP contribution in [0.15, 0.2) is 72.8 Å². The average Bonchev–Trinajstić information content (AvgIpc) is 3.35. The third-order valence-electron chi connectivity index (χ3n) is 4.98. The van der Waals surface area contributed by atoms with E-state index >= 15 is 0 Å². The Morgan fingerprint density at radius 1 is 1.00 bits per heavy atom. The van der Waals surface area contributed by atoms with Crippen LogP contribution in [-0.4, -0.2) is 22.8 Å². The van der Waals surface area contributed by atoms with Crippen molar-refractivity contribution < 1.29 is 9.59 Å². The van der Waals surface area contributed by atoms with Crippen LogP contribution in [0.1, 0.15) is 23.3 Å². The SMILES string of the molecule is O=C(NCc1ccc(-c2ccccc2)s1)C1CCC(=O)N1Cc1ccccc1. The molecule has 0 spiro atoms. The van der Waals surface area contributed by atoms with Crippen LogP contribution in [0.25, 0.3) is 10.4 Å². The normalized spacial score (nSPS) is 16.4. The lowest BCUT2D eigenvalue weighted by atomic mass is 10.1. The fraction of sp³-hybridized carbons (Fsp3) is 0.217. The largest absolute Gasteiger partial charge is 0.349 e. The van der Waals surface area contributed by atoms with Gasteiger partial charge in [-0.15, -0.1) is 11.3 Å². The lowest BCUT2D eigenvalue weighted by molar-refractivity contribution is -0.135. The predicted octanol–water partition coefficient (Wildman–Crippen LogP) is 4.22. The van der Waals surface area contributed by atoms with Crippen molar-refractivity contribution in [1.29, 1.82) is 0 Å². The Balaban J connectivity index is 1.38. The van der Waals surface area contributed by atoms with Crippen LogP contribution in [0, 0.1) is 0 Å². The number of rotatable bonds is 6. The number of hydrogen-bond acceptors (Lipinski definition) is 3. The number of nitrogens with zero attached hydrogens (tertiary/aromatic N) is 1. The molecule has 1 aliphatic rings. The first kappa shape index (κ1) is 18.4. The van der Waals surface area contributed by atoms with Gasteiger partial charge in [-0.2, -0.15) is 0 Å². The van der Waals surface area contributed by atoms with E-state index in [4.69, 9.17) is 0 Å². The van der Waals surface area contributed by atoms with Crippen LogP contribution >= 0.6 is 11.3 Å². The summed E-state index contributed by atoms with van der Waals surface area (Å²) in [6.07, 6.45) is 1.01. The molecule has 0 saturated carbocycles. The number of thiophene rings is 1. The van der Waals surface area contributed by atoms with Crippen molar-refractivity contribution in [3.8, 4) is 10.4 Å². The van der Waals surface area contributed by atoms with Crippen LogP contribution in [-0.2, 0) is 22.7 Å². The number of benzene rings is 2. The second kappa shape index (κ2) is 8.40. The molecule has 3 aromatic rings. The molecule has 1 fully saturated rings. The Morgan fingerprint density at radius 2 is 1.71 bits per heavy atom. The molecule has 1 unspecified atom stereocenters. The molecule has 1 aliphatic heterocycles. The molecule has 28 heavy (non-hydrogen) atoms. The lowest BCUT2D eigenvalue weighted by Crippen LogP contribution is -2.44. The maximum Gasteiger partial charge on any atom is 0.243 e. The number of carbonyl (C=O) groups excluding carboxylic acids is 2. The van der Waals surface area contributed by atoms with Gasteiger partial charge in [-0.05, 0) is 29.7 Å². The topological polar surface area (TPSA) is 49.4 Å². The van der Waals surface area contributed by atoms with Gasteiger partial charge in [0.25, 0.3) is 0 Å². The van der Waals surface area contributed by atoms with Gasteiger partial charge in [-0.3, -0.25) is 9.59 Å². The van der Waals surface area contributed by atoms with Gasteiger partial charge >= 0.3 is 0 Å². The Morgan fingerprint density at radius 3 is 2.46 bits per heavy atom. The van der Waals surface area contributed by atoms with Crippen LogP contribution in [0.2, 0.25) is 0 Å². The van der Waals surface area contributed by atoms with E-state index in [2.05, 4.69) is 29.6 Å². The van der Waals surface area contributed by atoms with E-state index in [0.29, 0.717) is 25.9 Å². The molecule has 142 valence electrons. The van der Waals surface area contributed by atoms with Gasteiger partial charge in [0, 0.05) is 22.7 Å². The summed E-state index contributed by atoms with van der Waals surface area (Å²) in [5.74, 6) is -0.0251. The number of hydrogen-bond donors (Lipinski definition) is 1. The molecule has 0 radical (unpaired) electrons. The maximum atomic E-state index is 12.7. The fourth-order valence-corrected chi connectivity index (χ4v) is 4.46. The van der Waals surface area contributed by atoms with E-state index in [1.54, 1.807) is 16.2 Å². The van der Waals surface area contributed by atoms with E-state index in [-0.39, 0.29) is 17.9 Å². The highest BCUT2D eigenvalue weighted by Crippen LogP contribution is 2.28. The highest BCUT2D eigenvalue weighted by molar-refractivity contribution is 7.15. The minimum Gasteiger partial charge on any atom is -0.349 e. The van der Waals surface area contributed by atoms with Gasteiger partial charge < -0.3 is 10.2 Å². The summed E-state index contributed by atoms with van der Waals surface area (Å²) < 4.78 is 0. The number of carbonyl (C=O) groups is 2. The van der Waals surface area contributed by atoms with E-state index in [1.165, 1.54) is 10.4 Å². The molecule has 5 heteroatoms. The van der Waals surface area contributed by atoms with Gasteiger partial charge in [0.1, 0.15) is 6.04 Å². The number of amides is 2. The van der Waals surface area contributed by atoms with Crippen molar-refractivity contribution in [1.82, 2.24) is 10.2 Å². The molecule has 2 heterocycles. The summed E-state index contributed by atoms with van der Waals surface area (Å²) in [5, 5.41) is 3.02. The van der Waals surface area contributed by atoms with Gasteiger partial charge in [0.05, 0.1) is 6.54 Å². The maximum absolute atomic E-state index is 12.7. The van der Waals surface area contributed by atoms with E-state index < -0.39 is 0 Å². The van der Waals surface area contributed by atoms with Gasteiger partial charge in [-0.1, -0.05) is 60.7 Å². The Bertz CT molecular complexity index is 953. The van der Waals surface area contributed by atoms with Gasteiger partial charge in [-0.25, -0.2) is 0 Å². The van der Waals surface area contributed by atoms with E-state index in [0.717, 1.165) is 10.4 Å². The highest BCUT2D eigenvalue weighted by Gasteiger charge is 2.35. The van der Waals surface area contributed by atoms with Crippen LogP contribution < -0.4 is 5.32 Å². The molecule has 0 aliphatic carbocycles. The van der Waals surface area contributed by atoms with Crippen molar-refractivity contribution in [3.05, 3.63) is 83.2 Å². The molecule has 4 rings (SSSR count). The van der Waals surface area contributed by atoms with Gasteiger partial charge in [0.2, 0.25) is 11.8 Å². The fourth-order valence-electron chi connectivity index (χ4n) is 3.51. The molecule has 2 amide bonds. The van der Waals surface area contributed by atoms with Crippen LogP contribution in [0.3, 0.4) is 0 Å². The molecule has 4 nitrogen and oxygen atoms in total. The Hall–Kier alpha value is -2.92. The van der Waals surface area contributed by atoms with Crippen molar-refractivity contribution in [3.63, 3.8) is 0 Å². The third kappa shape index (κ3) is 4.15. The molecule has 1 aromatic heterocycles. The Labute approximate surface area is 168 Å². The van der Waals surface area contributed by atoms with Gasteiger partial charge in [0.15, 0.2) is 0 Å². The van der Waals surface area contributed by atoms with E-state index in [9.17, 15) is 9.59 Å².